The first-order chi connectivity index (χ1) is 8.66. The van der Waals surface area contributed by atoms with E-state index in [2.05, 4.69) is 43.2 Å². The maximum atomic E-state index is 5.75. The van der Waals surface area contributed by atoms with Crippen LogP contribution in [0.25, 0.3) is 11.0 Å². The van der Waals surface area contributed by atoms with E-state index in [4.69, 9.17) is 4.42 Å². The lowest BCUT2D eigenvalue weighted by Gasteiger charge is -2.20. The lowest BCUT2D eigenvalue weighted by Crippen LogP contribution is -2.33. The van der Waals surface area contributed by atoms with Gasteiger partial charge < -0.3 is 14.6 Å². The van der Waals surface area contributed by atoms with Gasteiger partial charge in [0, 0.05) is 24.5 Å². The van der Waals surface area contributed by atoms with Crippen LogP contribution in [0.3, 0.4) is 0 Å². The molecule has 0 spiro atoms. The molecule has 3 heteroatoms. The lowest BCUT2D eigenvalue weighted by atomic mass is 10.2. The number of likely N-dealkylation sites (N-methyl/N-ethyl adjacent to an activating group) is 1. The molecule has 0 aliphatic carbocycles. The summed E-state index contributed by atoms with van der Waals surface area (Å²) in [5, 5.41) is 4.59. The van der Waals surface area contributed by atoms with Crippen molar-refractivity contribution in [3.63, 3.8) is 0 Å². The van der Waals surface area contributed by atoms with Gasteiger partial charge in [0.1, 0.15) is 11.3 Å². The maximum Gasteiger partial charge on any atom is 0.134 e. The summed E-state index contributed by atoms with van der Waals surface area (Å²) in [4.78, 5) is 2.33. The van der Waals surface area contributed by atoms with Crippen LogP contribution < -0.4 is 5.32 Å². The fourth-order valence-electron chi connectivity index (χ4n) is 1.85. The van der Waals surface area contributed by atoms with Crippen molar-refractivity contribution in [3.05, 3.63) is 36.1 Å². The van der Waals surface area contributed by atoms with E-state index in [1.54, 1.807) is 0 Å². The first kappa shape index (κ1) is 13.1. The van der Waals surface area contributed by atoms with Gasteiger partial charge in [-0.25, -0.2) is 0 Å². The summed E-state index contributed by atoms with van der Waals surface area (Å²) in [5.41, 5.74) is 0.966. The minimum absolute atomic E-state index is 0.595. The SMILES string of the molecule is CC(C)N(C)CCNCc1cc2ccccc2o1. The lowest BCUT2D eigenvalue weighted by molar-refractivity contribution is 0.272. The molecule has 0 saturated heterocycles. The molecular weight excluding hydrogens is 224 g/mol. The zero-order chi connectivity index (χ0) is 13.0. The molecule has 0 amide bonds. The monoisotopic (exact) mass is 246 g/mol. The fraction of sp³-hybridized carbons (Fsp3) is 0.467. The Morgan fingerprint density at radius 2 is 2.06 bits per heavy atom. The Balaban J connectivity index is 1.80. The molecule has 1 N–H and O–H groups in total. The highest BCUT2D eigenvalue weighted by molar-refractivity contribution is 5.77. The second-order valence-electron chi connectivity index (χ2n) is 5.00. The zero-order valence-electron chi connectivity index (χ0n) is 11.4. The van der Waals surface area contributed by atoms with E-state index in [1.807, 2.05) is 18.2 Å². The molecular formula is C15H22N2O. The summed E-state index contributed by atoms with van der Waals surface area (Å²) < 4.78 is 5.75. The molecule has 98 valence electrons. The summed E-state index contributed by atoms with van der Waals surface area (Å²) in [5.74, 6) is 1.00. The van der Waals surface area contributed by atoms with Crippen molar-refractivity contribution >= 4 is 11.0 Å². The van der Waals surface area contributed by atoms with Crippen LogP contribution in [0.4, 0.5) is 0 Å². The third-order valence-electron chi connectivity index (χ3n) is 3.30. The summed E-state index contributed by atoms with van der Waals surface area (Å²) in [7, 11) is 2.15. The minimum atomic E-state index is 0.595. The Labute approximate surface area is 109 Å². The van der Waals surface area contributed by atoms with E-state index in [0.29, 0.717) is 6.04 Å². The largest absolute Gasteiger partial charge is 0.460 e. The van der Waals surface area contributed by atoms with Crippen LogP contribution in [0, 0.1) is 0 Å². The van der Waals surface area contributed by atoms with Gasteiger partial charge in [0.2, 0.25) is 0 Å². The number of furan rings is 1. The standard InChI is InChI=1S/C15H22N2O/c1-12(2)17(3)9-8-16-11-14-10-13-6-4-5-7-15(13)18-14/h4-7,10,12,16H,8-9,11H2,1-3H3. The maximum absolute atomic E-state index is 5.75. The van der Waals surface area contributed by atoms with Crippen molar-refractivity contribution in [3.8, 4) is 0 Å². The van der Waals surface area contributed by atoms with E-state index in [9.17, 15) is 0 Å². The molecule has 0 aliphatic rings. The summed E-state index contributed by atoms with van der Waals surface area (Å²) in [6, 6.07) is 10.8. The number of para-hydroxylation sites is 1. The average molecular weight is 246 g/mol. The number of rotatable bonds is 6. The number of nitrogens with one attached hydrogen (secondary N) is 1. The molecule has 1 heterocycles. The van der Waals surface area contributed by atoms with E-state index < -0.39 is 0 Å². The van der Waals surface area contributed by atoms with Crippen LogP contribution in [-0.4, -0.2) is 31.1 Å². The minimum Gasteiger partial charge on any atom is -0.460 e. The number of benzene rings is 1. The third-order valence-corrected chi connectivity index (χ3v) is 3.30. The van der Waals surface area contributed by atoms with Crippen LogP contribution in [0.2, 0.25) is 0 Å². The highest BCUT2D eigenvalue weighted by atomic mass is 16.3. The van der Waals surface area contributed by atoms with Crippen LogP contribution >= 0.6 is 0 Å². The molecule has 0 bridgehead atoms. The van der Waals surface area contributed by atoms with Crippen LogP contribution in [0.5, 0.6) is 0 Å². The quantitative estimate of drug-likeness (QED) is 0.794. The first-order valence-corrected chi connectivity index (χ1v) is 6.55. The molecule has 2 aromatic rings. The fourth-order valence-corrected chi connectivity index (χ4v) is 1.85. The van der Waals surface area contributed by atoms with E-state index in [0.717, 1.165) is 31.0 Å². The number of nitrogens with zero attached hydrogens (tertiary/aromatic N) is 1. The molecule has 1 aromatic carbocycles. The van der Waals surface area contributed by atoms with Crippen molar-refractivity contribution in [2.75, 3.05) is 20.1 Å². The molecule has 1 aromatic heterocycles. The molecule has 0 unspecified atom stereocenters. The van der Waals surface area contributed by atoms with Gasteiger partial charge in [0.05, 0.1) is 6.54 Å². The molecule has 0 saturated carbocycles. The van der Waals surface area contributed by atoms with Crippen molar-refractivity contribution in [1.82, 2.24) is 10.2 Å². The van der Waals surface area contributed by atoms with E-state index in [1.165, 1.54) is 5.39 Å². The molecule has 3 nitrogen and oxygen atoms in total. The molecule has 0 radical (unpaired) electrons. The smallest absolute Gasteiger partial charge is 0.134 e. The van der Waals surface area contributed by atoms with Gasteiger partial charge in [-0.05, 0) is 33.0 Å². The molecule has 18 heavy (non-hydrogen) atoms. The van der Waals surface area contributed by atoms with Gasteiger partial charge in [0.15, 0.2) is 0 Å². The van der Waals surface area contributed by atoms with Crippen LogP contribution in [0.15, 0.2) is 34.7 Å². The summed E-state index contributed by atoms with van der Waals surface area (Å²) >= 11 is 0. The summed E-state index contributed by atoms with van der Waals surface area (Å²) in [6.45, 7) is 7.24. The molecule has 0 atom stereocenters. The highest BCUT2D eigenvalue weighted by Gasteiger charge is 2.04. The zero-order valence-corrected chi connectivity index (χ0v) is 11.4. The highest BCUT2D eigenvalue weighted by Crippen LogP contribution is 2.18. The normalized spacial score (nSPS) is 11.8. The Morgan fingerprint density at radius 1 is 1.28 bits per heavy atom. The van der Waals surface area contributed by atoms with Crippen LogP contribution in [-0.2, 0) is 6.54 Å². The molecule has 0 aliphatic heterocycles. The van der Waals surface area contributed by atoms with E-state index >= 15 is 0 Å². The van der Waals surface area contributed by atoms with Crippen molar-refractivity contribution < 1.29 is 4.42 Å². The Kier molecular flexibility index (Phi) is 4.39. The third kappa shape index (κ3) is 3.34. The predicted octanol–water partition coefficient (Wildman–Crippen LogP) is 2.86. The Bertz CT molecular complexity index is 457. The first-order valence-electron chi connectivity index (χ1n) is 6.55. The van der Waals surface area contributed by atoms with Gasteiger partial charge in [-0.1, -0.05) is 18.2 Å². The number of hydrogen-bond donors (Lipinski definition) is 1. The Morgan fingerprint density at radius 3 is 2.78 bits per heavy atom. The van der Waals surface area contributed by atoms with Gasteiger partial charge in [0.25, 0.3) is 0 Å². The van der Waals surface area contributed by atoms with Gasteiger partial charge in [-0.2, -0.15) is 0 Å². The predicted molar refractivity (Wildman–Crippen MR) is 75.7 cm³/mol. The van der Waals surface area contributed by atoms with Crippen molar-refractivity contribution in [1.29, 1.82) is 0 Å². The van der Waals surface area contributed by atoms with Crippen molar-refractivity contribution in [2.24, 2.45) is 0 Å². The number of fused-ring (bicyclic) bond motifs is 1. The van der Waals surface area contributed by atoms with Crippen LogP contribution in [0.1, 0.15) is 19.6 Å². The molecule has 2 rings (SSSR count). The van der Waals surface area contributed by atoms with Gasteiger partial charge in [-0.3, -0.25) is 0 Å². The topological polar surface area (TPSA) is 28.4 Å². The second kappa shape index (κ2) is 6.03. The number of hydrogen-bond acceptors (Lipinski definition) is 3. The average Bonchev–Trinajstić information content (AvgIpc) is 2.76. The Hall–Kier alpha value is -1.32. The molecule has 0 fully saturated rings. The summed E-state index contributed by atoms with van der Waals surface area (Å²) in [6.07, 6.45) is 0. The van der Waals surface area contributed by atoms with Gasteiger partial charge >= 0.3 is 0 Å². The van der Waals surface area contributed by atoms with E-state index in [-0.39, 0.29) is 0 Å². The van der Waals surface area contributed by atoms with Crippen molar-refractivity contribution in [2.45, 2.75) is 26.4 Å². The second-order valence-corrected chi connectivity index (χ2v) is 5.00. The van der Waals surface area contributed by atoms with Gasteiger partial charge in [-0.15, -0.1) is 0 Å².